The number of alkyl carbamates (subject to hydrolysis) is 1. The molecule has 1 saturated heterocycles. The minimum absolute atomic E-state index is 0.0475. The highest BCUT2D eigenvalue weighted by molar-refractivity contribution is 7.51. The van der Waals surface area contributed by atoms with E-state index in [9.17, 15) is 43.8 Å². The number of esters is 5. The number of rotatable bonds is 24. The van der Waals surface area contributed by atoms with Gasteiger partial charge in [0.15, 0.2) is 23.6 Å². The first-order chi connectivity index (χ1) is 43.6. The summed E-state index contributed by atoms with van der Waals surface area (Å²) in [6.45, 7) is 17.6. The Hall–Kier alpha value is -7.38. The molecule has 6 aliphatic rings. The summed E-state index contributed by atoms with van der Waals surface area (Å²) < 4.78 is 70.5. The predicted octanol–water partition coefficient (Wildman–Crippen LogP) is 6.62. The summed E-state index contributed by atoms with van der Waals surface area (Å²) in [6, 6.07) is 19.5. The maximum Gasteiger partial charge on any atom is 0.407 e. The van der Waals surface area contributed by atoms with Gasteiger partial charge >= 0.3 is 43.7 Å². The van der Waals surface area contributed by atoms with E-state index in [0.717, 1.165) is 13.8 Å². The summed E-state index contributed by atoms with van der Waals surface area (Å²) in [5.74, 6) is -10.8. The molecule has 4 saturated carbocycles. The van der Waals surface area contributed by atoms with E-state index in [1.54, 1.807) is 115 Å². The molecule has 504 valence electrons. The number of benzene rings is 3. The number of nitrogens with one attached hydrogen (secondary N) is 4. The fourth-order valence-corrected chi connectivity index (χ4v) is 16.3. The van der Waals surface area contributed by atoms with Gasteiger partial charge in [-0.2, -0.15) is 0 Å². The van der Waals surface area contributed by atoms with E-state index in [-0.39, 0.29) is 61.3 Å². The number of ketones is 1. The smallest absolute Gasteiger partial charge is 0.407 e. The molecule has 25 nitrogen and oxygen atoms in total. The van der Waals surface area contributed by atoms with E-state index < -0.39 is 167 Å². The summed E-state index contributed by atoms with van der Waals surface area (Å²) in [5.41, 5.74) is -8.66. The van der Waals surface area contributed by atoms with E-state index in [0.29, 0.717) is 18.4 Å². The van der Waals surface area contributed by atoms with Gasteiger partial charge in [0.25, 0.3) is 5.91 Å². The van der Waals surface area contributed by atoms with Crippen molar-refractivity contribution in [2.75, 3.05) is 19.8 Å². The van der Waals surface area contributed by atoms with Crippen molar-refractivity contribution in [2.24, 2.45) is 28.6 Å². The molecule has 1 heterocycles. The van der Waals surface area contributed by atoms with Crippen LogP contribution in [0.2, 0.25) is 0 Å². The molecule has 9 rings (SSSR count). The zero-order valence-corrected chi connectivity index (χ0v) is 55.2. The summed E-state index contributed by atoms with van der Waals surface area (Å²) >= 11 is 0. The number of aliphatic hydroxyl groups is 2. The van der Waals surface area contributed by atoms with Gasteiger partial charge in [-0.15, -0.1) is 0 Å². The summed E-state index contributed by atoms with van der Waals surface area (Å²) in [6.07, 6.45) is -9.95. The lowest BCUT2D eigenvalue weighted by Gasteiger charge is -2.83. The van der Waals surface area contributed by atoms with E-state index in [1.165, 1.54) is 45.0 Å². The lowest BCUT2D eigenvalue weighted by Crippen LogP contribution is -2.92. The van der Waals surface area contributed by atoms with Gasteiger partial charge in [-0.3, -0.25) is 33.0 Å². The molecule has 5 fully saturated rings. The van der Waals surface area contributed by atoms with E-state index >= 15 is 14.2 Å². The van der Waals surface area contributed by atoms with Crippen molar-refractivity contribution in [1.29, 1.82) is 0 Å². The summed E-state index contributed by atoms with van der Waals surface area (Å²) in [4.78, 5) is 127. The van der Waals surface area contributed by atoms with Gasteiger partial charge in [0, 0.05) is 49.6 Å². The predicted molar refractivity (Wildman–Crippen MR) is 330 cm³/mol. The van der Waals surface area contributed by atoms with Crippen LogP contribution in [-0.4, -0.2) is 155 Å². The van der Waals surface area contributed by atoms with Gasteiger partial charge < -0.3 is 59.3 Å². The quantitative estimate of drug-likeness (QED) is 0.0180. The Morgan fingerprint density at radius 1 is 0.763 bits per heavy atom. The molecule has 1 spiro atoms. The van der Waals surface area contributed by atoms with E-state index in [2.05, 4.69) is 21.0 Å². The second-order valence-corrected chi connectivity index (χ2v) is 28.9. The highest BCUT2D eigenvalue weighted by Gasteiger charge is 2.92. The molecule has 0 aromatic heterocycles. The summed E-state index contributed by atoms with van der Waals surface area (Å²) in [5, 5.41) is 37.0. The van der Waals surface area contributed by atoms with Gasteiger partial charge in [0.2, 0.25) is 5.91 Å². The molecule has 6 unspecified atom stereocenters. The van der Waals surface area contributed by atoms with Crippen molar-refractivity contribution in [3.63, 3.8) is 0 Å². The van der Waals surface area contributed by atoms with Crippen molar-refractivity contribution in [2.45, 2.75) is 192 Å². The van der Waals surface area contributed by atoms with Crippen LogP contribution in [0.1, 0.15) is 148 Å². The molecule has 3 amide bonds. The third-order valence-corrected chi connectivity index (χ3v) is 20.3. The number of ether oxygens (including phenoxy) is 7. The Morgan fingerprint density at radius 2 is 1.38 bits per heavy atom. The van der Waals surface area contributed by atoms with Gasteiger partial charge in [-0.1, -0.05) is 72.3 Å². The first kappa shape index (κ1) is 69.9. The highest BCUT2D eigenvalue weighted by atomic mass is 31.2. The van der Waals surface area contributed by atoms with Gasteiger partial charge in [-0.05, 0) is 130 Å². The molecule has 0 bridgehead atoms. The van der Waals surface area contributed by atoms with Crippen LogP contribution in [0.25, 0.3) is 0 Å². The van der Waals surface area contributed by atoms with Crippen LogP contribution in [0.5, 0.6) is 0 Å². The molecular weight excluding hydrogens is 1230 g/mol. The Kier molecular flexibility index (Phi) is 20.1. The summed E-state index contributed by atoms with van der Waals surface area (Å²) in [7, 11) is -5.08. The van der Waals surface area contributed by atoms with Gasteiger partial charge in [-0.25, -0.2) is 28.8 Å². The first-order valence-electron chi connectivity index (χ1n) is 31.3. The maximum atomic E-state index is 15.9. The number of Topliss-reactive ketones (excluding diaryl/α,β-unsaturated/α-hetero) is 1. The minimum Gasteiger partial charge on any atom is -0.459 e. The molecule has 0 radical (unpaired) electrons. The van der Waals surface area contributed by atoms with Crippen LogP contribution in [-0.2, 0) is 75.5 Å². The Balaban J connectivity index is 1.12. The number of aliphatic hydroxyl groups excluding tert-OH is 1. The normalized spacial score (nSPS) is 30.0. The van der Waals surface area contributed by atoms with Gasteiger partial charge in [0.1, 0.15) is 41.2 Å². The van der Waals surface area contributed by atoms with Crippen molar-refractivity contribution in [1.82, 2.24) is 21.0 Å². The number of hydrogen-bond acceptors (Lipinski definition) is 21. The second kappa shape index (κ2) is 26.8. The van der Waals surface area contributed by atoms with Crippen molar-refractivity contribution in [3.05, 3.63) is 119 Å². The third kappa shape index (κ3) is 13.5. The van der Waals surface area contributed by atoms with E-state index in [4.69, 9.17) is 42.2 Å². The number of fused-ring (bicyclic) bond motifs is 3. The molecule has 3 aromatic carbocycles. The first-order valence-corrected chi connectivity index (χ1v) is 32.9. The fourth-order valence-electron chi connectivity index (χ4n) is 14.6. The van der Waals surface area contributed by atoms with Crippen LogP contribution < -0.4 is 21.0 Å². The van der Waals surface area contributed by atoms with Crippen molar-refractivity contribution < 1.29 is 100 Å². The third-order valence-electron chi connectivity index (χ3n) is 18.5. The lowest BCUT2D eigenvalue weighted by atomic mass is 9.22. The zero-order valence-electron chi connectivity index (χ0n) is 54.3. The number of hydrogen-bond donors (Lipinski definition) is 6. The number of carbonyl (C=O) groups is 9. The Morgan fingerprint density at radius 3 is 1.96 bits per heavy atom. The van der Waals surface area contributed by atoms with Crippen molar-refractivity contribution in [3.8, 4) is 0 Å². The Bertz CT molecular complexity index is 3450. The van der Waals surface area contributed by atoms with E-state index in [1.807, 2.05) is 0 Å². The van der Waals surface area contributed by atoms with Crippen LogP contribution in [0, 0.1) is 28.6 Å². The molecule has 3 aromatic rings. The average Bonchev–Trinajstić information content (AvgIpc) is 0.611. The molecule has 26 heteroatoms. The zero-order chi connectivity index (χ0) is 68.0. The molecular formula is C67H85N4O21P. The van der Waals surface area contributed by atoms with Crippen LogP contribution >= 0.6 is 7.75 Å². The fraction of sp³-hybridized carbons (Fsp3) is 0.567. The second-order valence-electron chi connectivity index (χ2n) is 27.2. The lowest BCUT2D eigenvalue weighted by molar-refractivity contribution is -0.398. The standard InChI is InChI=1S/C67H85N4O21P/c1-36-47-50(44-34-66(82)55(88-59(79)43-29-21-15-22-30-43)53-64(12,45(74)33-46-65(53,35-84-46)89-40(5)73)54(75)51(86-39(4)72)48(36)67(44,47)66)87-60(80)52(49(41-25-17-13-18-26-41)70-57(77)42-27-19-14-20-28-42)92-93(83,85-32-24-16-23-31-68-61(81)91-63(9,10)11)71-37(2)56(76)69-38(3)58(78)90-62(6,7)8/h13-15,17-22,25-30,37-38,44-47,49-53,55,74,82H,16,23-24,31-35H2,1-12H3,(H,68,81)(H,69,76)(H,70,77)(H,71,83)/t37?,38?,44?,45-,46+,47?,49-,50-,51+,52+,53-,55-,64+,65-,66+,67?,93?/m0/s1. The topological polar surface area (TPSA) is 342 Å². The minimum atomic E-state index is -5.08. The van der Waals surface area contributed by atoms with Crippen molar-refractivity contribution >= 4 is 61.3 Å². The van der Waals surface area contributed by atoms with Crippen LogP contribution in [0.15, 0.2) is 102 Å². The van der Waals surface area contributed by atoms with Crippen LogP contribution in [0.4, 0.5) is 4.79 Å². The van der Waals surface area contributed by atoms with Gasteiger partial charge in [0.05, 0.1) is 48.3 Å². The SMILES string of the molecule is CC(=O)O[C@H]1C(=O)[C@@]2(C)[C@H]([C@H](OC(=O)c3ccccc3)[C@]3(O)CC4[C@H](OC(=O)[C@H](OP(=O)(NC(C)C(=O)NC(C)C(=O)OC(C)(C)C)OCCCCCNC(=O)OC(C)(C)C)[C@@H](NC(=O)c5ccccc5)c5ccccc5)C5C(C)=C1C453)[C@]1(OC(C)=O)CO[C@@H]1C[C@@H]2O. The average molecular weight is 1310 g/mol. The molecule has 93 heavy (non-hydrogen) atoms. The molecule has 6 N–H and O–H groups in total. The monoisotopic (exact) mass is 1310 g/mol. The van der Waals surface area contributed by atoms with Crippen LogP contribution in [0.3, 0.4) is 0 Å². The maximum absolute atomic E-state index is 15.9. The number of unbranched alkanes of at least 4 members (excludes halogenated alkanes) is 2. The molecule has 1 aliphatic heterocycles. The Labute approximate surface area is 539 Å². The number of amides is 3. The molecule has 5 aliphatic carbocycles. The number of carbonyl (C=O) groups excluding carboxylic acids is 9. The largest absolute Gasteiger partial charge is 0.459 e. The molecule has 17 atom stereocenters. The highest BCUT2D eigenvalue weighted by Crippen LogP contribution is 2.84.